The Hall–Kier alpha value is -3.07. The van der Waals surface area contributed by atoms with E-state index in [2.05, 4.69) is 29.9 Å². The minimum absolute atomic E-state index is 0.0145. The van der Waals surface area contributed by atoms with Gasteiger partial charge in [0.15, 0.2) is 23.0 Å². The van der Waals surface area contributed by atoms with Crippen molar-refractivity contribution in [1.82, 2.24) is 39.0 Å². The van der Waals surface area contributed by atoms with Gasteiger partial charge in [0.1, 0.15) is 47.0 Å². The number of thioether (sulfide) groups is 1. The van der Waals surface area contributed by atoms with Gasteiger partial charge < -0.3 is 34.3 Å². The fourth-order valence-corrected chi connectivity index (χ4v) is 7.88. The Morgan fingerprint density at radius 2 is 1.73 bits per heavy atom. The summed E-state index contributed by atoms with van der Waals surface area (Å²) in [6.07, 6.45) is -0.855. The molecule has 6 heterocycles. The smallest absolute Gasteiger partial charge is 0.473 e. The highest BCUT2D eigenvalue weighted by molar-refractivity contribution is 7.98. The van der Waals surface area contributed by atoms with Crippen LogP contribution in [0.5, 0.6) is 0 Å². The third-order valence-corrected chi connectivity index (χ3v) is 10.2. The van der Waals surface area contributed by atoms with Crippen LogP contribution in [-0.2, 0) is 32.0 Å². The van der Waals surface area contributed by atoms with E-state index in [4.69, 9.17) is 22.8 Å². The molecule has 0 spiro atoms. The number of phosphoric ester groups is 2. The molecular formula is C22H24N8O12P2S. The van der Waals surface area contributed by atoms with Gasteiger partial charge in [-0.15, -0.1) is 11.8 Å². The first-order chi connectivity index (χ1) is 21.5. The van der Waals surface area contributed by atoms with Gasteiger partial charge in [-0.05, 0) is 18.2 Å². The van der Waals surface area contributed by atoms with Gasteiger partial charge >= 0.3 is 15.6 Å². The molecular weight excluding hydrogens is 662 g/mol. The Labute approximate surface area is 255 Å². The number of imidazole rings is 2. The largest absolute Gasteiger partial charge is 0.509 e. The molecule has 7 rings (SSSR count). The van der Waals surface area contributed by atoms with Crippen LogP contribution >= 0.6 is 27.4 Å². The second-order valence-electron chi connectivity index (χ2n) is 10.2. The van der Waals surface area contributed by atoms with Crippen LogP contribution in [0.25, 0.3) is 22.3 Å². The summed E-state index contributed by atoms with van der Waals surface area (Å²) in [7, 11) is -10.0. The zero-order valence-electron chi connectivity index (χ0n) is 22.9. The predicted octanol–water partition coefficient (Wildman–Crippen LogP) is 0.715. The maximum Gasteiger partial charge on any atom is 0.473 e. The second kappa shape index (κ2) is 11.3. The molecule has 20 nitrogen and oxygen atoms in total. The number of nitrogens with one attached hydrogen (secondary N) is 1. The van der Waals surface area contributed by atoms with E-state index >= 15 is 0 Å². The van der Waals surface area contributed by atoms with Crippen molar-refractivity contribution in [3.63, 3.8) is 0 Å². The molecule has 5 N–H and O–H groups in total. The monoisotopic (exact) mass is 686 g/mol. The van der Waals surface area contributed by atoms with Crippen LogP contribution in [0.1, 0.15) is 18.7 Å². The van der Waals surface area contributed by atoms with Gasteiger partial charge in [-0.1, -0.05) is 0 Å². The van der Waals surface area contributed by atoms with Crippen LogP contribution in [-0.4, -0.2) is 103 Å². The van der Waals surface area contributed by atoms with E-state index in [1.54, 1.807) is 6.26 Å². The standard InChI is InChI=1S/C22H24N8O12P2S/c1-45-21-13-19(24-6-26-21)30(8-28-13)22-15(32)17-11(40-22)4-39-44(36,37)41-16-10(2-9(14(16)31)3-38-43(34,35)42-17)29-7-27-12-18(29)23-5-25-20(12)33/h5-8,10-11,15-17,22,31-32H,2-4H2,1H3,(H,34,35)(H,36,37)(H,23,25,33)/t10-,11-,15?,16?,17?,22-/m1/s1. The molecule has 1 aliphatic carbocycles. The lowest BCUT2D eigenvalue weighted by atomic mass is 10.1. The topological polar surface area (TPSA) is 268 Å². The van der Waals surface area contributed by atoms with E-state index < -0.39 is 76.9 Å². The Kier molecular flexibility index (Phi) is 7.69. The molecule has 1 saturated heterocycles. The molecule has 4 aromatic heterocycles. The number of fused-ring (bicyclic) bond motifs is 4. The summed E-state index contributed by atoms with van der Waals surface area (Å²) >= 11 is 1.32. The van der Waals surface area contributed by atoms with Crippen molar-refractivity contribution in [1.29, 1.82) is 0 Å². The van der Waals surface area contributed by atoms with E-state index in [1.165, 1.54) is 39.9 Å². The number of aromatic nitrogens is 8. The molecule has 5 unspecified atom stereocenters. The highest BCUT2D eigenvalue weighted by Crippen LogP contribution is 2.54. The van der Waals surface area contributed by atoms with Crippen molar-refractivity contribution in [2.75, 3.05) is 19.5 Å². The molecule has 4 aromatic rings. The maximum absolute atomic E-state index is 13.2. The van der Waals surface area contributed by atoms with E-state index in [0.717, 1.165) is 6.33 Å². The van der Waals surface area contributed by atoms with E-state index in [-0.39, 0.29) is 28.8 Å². The van der Waals surface area contributed by atoms with Crippen LogP contribution in [0.15, 0.2) is 46.5 Å². The first kappa shape index (κ1) is 30.6. The third kappa shape index (κ3) is 5.43. The number of H-pyrrole nitrogens is 1. The minimum Gasteiger partial charge on any atom is -0.509 e. The lowest BCUT2D eigenvalue weighted by Gasteiger charge is -2.26. The predicted molar refractivity (Wildman–Crippen MR) is 150 cm³/mol. The molecule has 240 valence electrons. The normalized spacial score (nSPS) is 34.5. The molecule has 2 bridgehead atoms. The Balaban J connectivity index is 1.21. The first-order valence-electron chi connectivity index (χ1n) is 13.1. The Morgan fingerprint density at radius 3 is 2.53 bits per heavy atom. The summed E-state index contributed by atoms with van der Waals surface area (Å²) in [5.41, 5.74) is 0.211. The van der Waals surface area contributed by atoms with Crippen LogP contribution in [0.2, 0.25) is 0 Å². The number of ether oxygens (including phenoxy) is 1. The number of phosphoric acid groups is 2. The number of hydrogen-bond acceptors (Lipinski definition) is 16. The molecule has 3 aliphatic rings. The average Bonchev–Trinajstić information content (AvgIpc) is 3.76. The van der Waals surface area contributed by atoms with Crippen molar-refractivity contribution in [2.45, 2.75) is 48.1 Å². The number of rotatable bonds is 3. The van der Waals surface area contributed by atoms with E-state index in [1.807, 2.05) is 0 Å². The summed E-state index contributed by atoms with van der Waals surface area (Å²) in [4.78, 5) is 56.7. The fraction of sp³-hybridized carbons (Fsp3) is 0.455. The molecule has 8 atom stereocenters. The highest BCUT2D eigenvalue weighted by atomic mass is 32.2. The number of aliphatic hydroxyl groups is 2. The summed E-state index contributed by atoms with van der Waals surface area (Å²) in [5, 5.41) is 22.8. The lowest BCUT2D eigenvalue weighted by Crippen LogP contribution is -2.36. The zero-order valence-corrected chi connectivity index (χ0v) is 25.5. The number of nitrogens with zero attached hydrogens (tertiary/aromatic N) is 7. The van der Waals surface area contributed by atoms with Crippen molar-refractivity contribution >= 4 is 49.7 Å². The minimum atomic E-state index is -5.02. The van der Waals surface area contributed by atoms with Gasteiger partial charge in [0, 0.05) is 0 Å². The molecule has 23 heteroatoms. The highest BCUT2D eigenvalue weighted by Gasteiger charge is 2.51. The van der Waals surface area contributed by atoms with Gasteiger partial charge in [-0.3, -0.25) is 27.5 Å². The average molecular weight is 686 g/mol. The molecule has 2 aliphatic heterocycles. The number of hydrogen-bond donors (Lipinski definition) is 5. The Morgan fingerprint density at radius 1 is 1.00 bits per heavy atom. The fourth-order valence-electron chi connectivity index (χ4n) is 5.52. The quantitative estimate of drug-likeness (QED) is 0.113. The van der Waals surface area contributed by atoms with Crippen molar-refractivity contribution < 1.29 is 52.0 Å². The summed E-state index contributed by atoms with van der Waals surface area (Å²) in [5.74, 6) is -0.570. The molecule has 45 heavy (non-hydrogen) atoms. The van der Waals surface area contributed by atoms with Gasteiger partial charge in [0.2, 0.25) is 0 Å². The summed E-state index contributed by atoms with van der Waals surface area (Å²) in [6.45, 7) is -1.45. The van der Waals surface area contributed by atoms with Crippen LogP contribution in [0, 0.1) is 0 Å². The van der Waals surface area contributed by atoms with Crippen molar-refractivity contribution in [3.8, 4) is 0 Å². The molecule has 1 fully saturated rings. The SMILES string of the molecule is CSc1ncnc2c1ncn2[C@@H]1O[C@@H]2COP(=O)(O)OC3C(O)=C(COP(=O)(O)OC2C1O)C[C@H]3n1cnc2c(=O)[nH]cnc21. The van der Waals surface area contributed by atoms with Crippen LogP contribution in [0.3, 0.4) is 0 Å². The lowest BCUT2D eigenvalue weighted by molar-refractivity contribution is -0.0529. The third-order valence-electron chi connectivity index (χ3n) is 7.57. The molecule has 0 aromatic carbocycles. The second-order valence-corrected chi connectivity index (χ2v) is 13.8. The maximum atomic E-state index is 13.2. The number of aromatic amines is 1. The summed E-state index contributed by atoms with van der Waals surface area (Å²) < 4.78 is 56.1. The van der Waals surface area contributed by atoms with Crippen LogP contribution in [0.4, 0.5) is 0 Å². The number of aliphatic hydroxyl groups excluding tert-OH is 2. The molecule has 0 radical (unpaired) electrons. The van der Waals surface area contributed by atoms with Crippen LogP contribution < -0.4 is 5.56 Å². The van der Waals surface area contributed by atoms with Crippen molar-refractivity contribution in [2.24, 2.45) is 0 Å². The van der Waals surface area contributed by atoms with E-state index in [9.17, 15) is 33.9 Å². The Bertz CT molecular complexity index is 1980. The van der Waals surface area contributed by atoms with Gasteiger partial charge in [0.05, 0.1) is 38.2 Å². The van der Waals surface area contributed by atoms with Gasteiger partial charge in [0.25, 0.3) is 5.56 Å². The summed E-state index contributed by atoms with van der Waals surface area (Å²) in [6, 6.07) is -1.00. The first-order valence-corrected chi connectivity index (χ1v) is 17.4. The zero-order chi connectivity index (χ0) is 31.7. The van der Waals surface area contributed by atoms with Gasteiger partial charge in [-0.25, -0.2) is 34.0 Å². The van der Waals surface area contributed by atoms with E-state index in [0.29, 0.717) is 10.5 Å². The van der Waals surface area contributed by atoms with Gasteiger partial charge in [-0.2, -0.15) is 0 Å². The molecule has 0 saturated carbocycles. The molecule has 0 amide bonds. The van der Waals surface area contributed by atoms with Crippen molar-refractivity contribution in [3.05, 3.63) is 47.0 Å².